The Morgan fingerprint density at radius 3 is 2.54 bits per heavy atom. The van der Waals surface area contributed by atoms with Crippen molar-refractivity contribution >= 4 is 17.6 Å². The van der Waals surface area contributed by atoms with E-state index in [1.807, 2.05) is 31.2 Å². The minimum Gasteiger partial charge on any atom is -0.496 e. The molecule has 2 aromatic rings. The number of rotatable bonds is 7. The molecule has 0 saturated carbocycles. The molecule has 0 aliphatic carbocycles. The van der Waals surface area contributed by atoms with Gasteiger partial charge < -0.3 is 9.47 Å². The zero-order valence-corrected chi connectivity index (χ0v) is 21.1. The Kier molecular flexibility index (Phi) is 7.86. The average Bonchev–Trinajstić information content (AvgIpc) is 3.31. The van der Waals surface area contributed by atoms with Gasteiger partial charge in [0.1, 0.15) is 5.75 Å². The molecule has 0 bridgehead atoms. The molecule has 0 N–H and O–H groups in total. The first kappa shape index (κ1) is 24.9. The topological polar surface area (TPSA) is 71.4 Å². The molecule has 35 heavy (non-hydrogen) atoms. The molecule has 2 aliphatic rings. The molecule has 2 heterocycles. The number of esters is 1. The van der Waals surface area contributed by atoms with Crippen molar-refractivity contribution < 1.29 is 19.1 Å². The molecule has 4 rings (SSSR count). The van der Waals surface area contributed by atoms with Gasteiger partial charge in [-0.05, 0) is 70.0 Å². The van der Waals surface area contributed by atoms with Crippen LogP contribution in [0.4, 0.5) is 0 Å². The number of methoxy groups -OCH3 is 1. The molecule has 2 aliphatic heterocycles. The largest absolute Gasteiger partial charge is 0.496 e. The van der Waals surface area contributed by atoms with E-state index in [0.29, 0.717) is 39.0 Å². The van der Waals surface area contributed by atoms with E-state index < -0.39 is 0 Å². The van der Waals surface area contributed by atoms with E-state index in [1.54, 1.807) is 12.1 Å². The number of ether oxygens (including phenoxy) is 2. The predicted molar refractivity (Wildman–Crippen MR) is 135 cm³/mol. The zero-order valence-electron chi connectivity index (χ0n) is 21.1. The van der Waals surface area contributed by atoms with E-state index in [-0.39, 0.29) is 30.4 Å². The van der Waals surface area contributed by atoms with Crippen molar-refractivity contribution in [1.82, 2.24) is 9.91 Å². The quantitative estimate of drug-likeness (QED) is 0.557. The summed E-state index contributed by atoms with van der Waals surface area (Å²) in [7, 11) is 1.65. The van der Waals surface area contributed by atoms with Gasteiger partial charge in [-0.2, -0.15) is 5.10 Å². The lowest BCUT2D eigenvalue weighted by atomic mass is 9.93. The standard InChI is InChI=1S/C28H35N3O4/c1-5-35-28(33)21-12-14-30(15-13-21)18-27(32)31-25(23-16-19(2)10-11-20(23)3)17-24(29-31)22-8-6-7-9-26(22)34-4/h6-11,16,21,25H,5,12-15,17-18H2,1-4H3/t25-/m0/s1. The maximum absolute atomic E-state index is 13.6. The Morgan fingerprint density at radius 2 is 1.83 bits per heavy atom. The molecule has 1 saturated heterocycles. The maximum atomic E-state index is 13.6. The van der Waals surface area contributed by atoms with Crippen molar-refractivity contribution in [3.05, 3.63) is 64.7 Å². The number of hydrazone groups is 1. The summed E-state index contributed by atoms with van der Waals surface area (Å²) in [6.45, 7) is 8.05. The summed E-state index contributed by atoms with van der Waals surface area (Å²) in [6.07, 6.45) is 2.05. The Balaban J connectivity index is 1.55. The third-order valence-corrected chi connectivity index (χ3v) is 6.94. The Labute approximate surface area is 207 Å². The lowest BCUT2D eigenvalue weighted by Gasteiger charge is -2.32. The van der Waals surface area contributed by atoms with Crippen molar-refractivity contribution in [1.29, 1.82) is 0 Å². The highest BCUT2D eigenvalue weighted by atomic mass is 16.5. The van der Waals surface area contributed by atoms with Crippen molar-refractivity contribution in [3.8, 4) is 5.75 Å². The highest BCUT2D eigenvalue weighted by Gasteiger charge is 2.36. The van der Waals surface area contributed by atoms with Gasteiger partial charge in [0, 0.05) is 12.0 Å². The van der Waals surface area contributed by atoms with Gasteiger partial charge in [0.15, 0.2) is 0 Å². The van der Waals surface area contributed by atoms with E-state index in [0.717, 1.165) is 33.7 Å². The van der Waals surface area contributed by atoms with Crippen molar-refractivity contribution in [2.75, 3.05) is 33.4 Å². The van der Waals surface area contributed by atoms with Crippen LogP contribution in [0.25, 0.3) is 0 Å². The average molecular weight is 478 g/mol. The lowest BCUT2D eigenvalue weighted by molar-refractivity contribution is -0.149. The van der Waals surface area contributed by atoms with Crippen LogP contribution in [0.2, 0.25) is 0 Å². The van der Waals surface area contributed by atoms with E-state index >= 15 is 0 Å². The molecule has 0 aromatic heterocycles. The zero-order chi connectivity index (χ0) is 24.9. The first-order chi connectivity index (χ1) is 16.9. The summed E-state index contributed by atoms with van der Waals surface area (Å²) in [5.41, 5.74) is 5.18. The number of aryl methyl sites for hydroxylation is 2. The third kappa shape index (κ3) is 5.56. The van der Waals surface area contributed by atoms with Gasteiger partial charge in [-0.25, -0.2) is 5.01 Å². The normalized spacial score (nSPS) is 18.9. The fourth-order valence-electron chi connectivity index (χ4n) is 5.00. The minimum atomic E-state index is -0.167. The van der Waals surface area contributed by atoms with E-state index in [1.165, 1.54) is 0 Å². The van der Waals surface area contributed by atoms with Gasteiger partial charge in [-0.15, -0.1) is 0 Å². The van der Waals surface area contributed by atoms with Crippen LogP contribution >= 0.6 is 0 Å². The number of nitrogens with zero attached hydrogens (tertiary/aromatic N) is 3. The minimum absolute atomic E-state index is 0.0320. The van der Waals surface area contributed by atoms with Gasteiger partial charge in [0.2, 0.25) is 0 Å². The molecule has 0 radical (unpaired) electrons. The maximum Gasteiger partial charge on any atom is 0.309 e. The van der Waals surface area contributed by atoms with Crippen LogP contribution in [0, 0.1) is 19.8 Å². The van der Waals surface area contributed by atoms with Crippen LogP contribution in [-0.2, 0) is 14.3 Å². The summed E-state index contributed by atoms with van der Waals surface area (Å²) < 4.78 is 10.8. The Morgan fingerprint density at radius 1 is 1.09 bits per heavy atom. The van der Waals surface area contributed by atoms with Crippen LogP contribution in [0.1, 0.15) is 54.5 Å². The second-order valence-electron chi connectivity index (χ2n) is 9.37. The molecule has 0 unspecified atom stereocenters. The van der Waals surface area contributed by atoms with Crippen LogP contribution in [0.5, 0.6) is 5.75 Å². The Bertz CT molecular complexity index is 1110. The van der Waals surface area contributed by atoms with Crippen LogP contribution in [-0.4, -0.2) is 60.8 Å². The van der Waals surface area contributed by atoms with Crippen molar-refractivity contribution in [2.45, 2.75) is 46.1 Å². The molecule has 2 aromatic carbocycles. The highest BCUT2D eigenvalue weighted by molar-refractivity contribution is 6.05. The molecule has 1 amide bonds. The van der Waals surface area contributed by atoms with Crippen LogP contribution < -0.4 is 4.74 Å². The number of amides is 1. The molecule has 7 nitrogen and oxygen atoms in total. The highest BCUT2D eigenvalue weighted by Crippen LogP contribution is 2.37. The van der Waals surface area contributed by atoms with E-state index in [2.05, 4.69) is 36.9 Å². The molecular weight excluding hydrogens is 442 g/mol. The number of carbonyl (C=O) groups excluding carboxylic acids is 2. The number of para-hydroxylation sites is 1. The van der Waals surface area contributed by atoms with Crippen LogP contribution in [0.3, 0.4) is 0 Å². The monoisotopic (exact) mass is 477 g/mol. The third-order valence-electron chi connectivity index (χ3n) is 6.94. The summed E-state index contributed by atoms with van der Waals surface area (Å²) in [4.78, 5) is 27.8. The summed E-state index contributed by atoms with van der Waals surface area (Å²) in [6, 6.07) is 14.0. The fraction of sp³-hybridized carbons (Fsp3) is 0.464. The number of carbonyl (C=O) groups is 2. The molecule has 1 atom stereocenters. The molecular formula is C28H35N3O4. The van der Waals surface area contributed by atoms with Crippen molar-refractivity contribution in [3.63, 3.8) is 0 Å². The summed E-state index contributed by atoms with van der Waals surface area (Å²) in [5, 5.41) is 6.52. The molecule has 186 valence electrons. The number of hydrogen-bond donors (Lipinski definition) is 0. The number of piperidine rings is 1. The number of benzene rings is 2. The lowest BCUT2D eigenvalue weighted by Crippen LogP contribution is -2.43. The fourth-order valence-corrected chi connectivity index (χ4v) is 5.00. The summed E-state index contributed by atoms with van der Waals surface area (Å²) >= 11 is 0. The van der Waals surface area contributed by atoms with Crippen molar-refractivity contribution in [2.24, 2.45) is 11.0 Å². The smallest absolute Gasteiger partial charge is 0.309 e. The Hall–Kier alpha value is -3.19. The van der Waals surface area contributed by atoms with Gasteiger partial charge in [-0.1, -0.05) is 35.9 Å². The second-order valence-corrected chi connectivity index (χ2v) is 9.37. The van der Waals surface area contributed by atoms with Gasteiger partial charge in [-0.3, -0.25) is 14.5 Å². The van der Waals surface area contributed by atoms with Gasteiger partial charge in [0.05, 0.1) is 37.9 Å². The molecule has 7 heteroatoms. The molecule has 1 fully saturated rings. The second kappa shape index (κ2) is 11.0. The first-order valence-electron chi connectivity index (χ1n) is 12.4. The SMILES string of the molecule is CCOC(=O)C1CCN(CC(=O)N2N=C(c3ccccc3OC)C[C@H]2c2cc(C)ccc2C)CC1. The number of likely N-dealkylation sites (tertiary alicyclic amines) is 1. The predicted octanol–water partition coefficient (Wildman–Crippen LogP) is 4.26. The molecule has 0 spiro atoms. The first-order valence-corrected chi connectivity index (χ1v) is 12.4. The van der Waals surface area contributed by atoms with Gasteiger partial charge >= 0.3 is 5.97 Å². The van der Waals surface area contributed by atoms with Crippen LogP contribution in [0.15, 0.2) is 47.6 Å². The van der Waals surface area contributed by atoms with E-state index in [4.69, 9.17) is 14.6 Å². The van der Waals surface area contributed by atoms with Gasteiger partial charge in [0.25, 0.3) is 5.91 Å². The summed E-state index contributed by atoms with van der Waals surface area (Å²) in [5.74, 6) is 0.515. The number of hydrogen-bond acceptors (Lipinski definition) is 6. The van der Waals surface area contributed by atoms with E-state index in [9.17, 15) is 9.59 Å².